The second kappa shape index (κ2) is 7.38. The van der Waals surface area contributed by atoms with E-state index in [9.17, 15) is 23.7 Å². The third-order valence-corrected chi connectivity index (χ3v) is 4.69. The van der Waals surface area contributed by atoms with Crippen molar-refractivity contribution < 1.29 is 18.5 Å². The molecule has 0 saturated heterocycles. The van der Waals surface area contributed by atoms with Crippen molar-refractivity contribution in [1.29, 1.82) is 0 Å². The highest BCUT2D eigenvalue weighted by atomic mass is 19.1. The molecule has 3 aromatic rings. The van der Waals surface area contributed by atoms with E-state index in [0.29, 0.717) is 0 Å². The molecule has 0 atom stereocenters. The summed E-state index contributed by atoms with van der Waals surface area (Å²) in [4.78, 5) is 29.2. The van der Waals surface area contributed by atoms with E-state index in [1.807, 2.05) is 0 Å². The van der Waals surface area contributed by atoms with E-state index in [4.69, 9.17) is 0 Å². The molecule has 1 aromatic heterocycles. The van der Waals surface area contributed by atoms with Gasteiger partial charge in [-0.15, -0.1) is 0 Å². The van der Waals surface area contributed by atoms with Crippen molar-refractivity contribution in [2.24, 2.45) is 0 Å². The number of hydrogen-bond donors (Lipinski definition) is 0. The van der Waals surface area contributed by atoms with Gasteiger partial charge in [0.2, 0.25) is 0 Å². The number of nitro benzene ring substituents is 1. The zero-order valence-electron chi connectivity index (χ0n) is 15.0. The van der Waals surface area contributed by atoms with Crippen LogP contribution in [0.2, 0.25) is 0 Å². The SMILES string of the molecule is O=C(c1ccc(-n2cncn2)c([N+](=O)[O-])c1)N(Cc1ccc(F)cc1F)C1CC1. The van der Waals surface area contributed by atoms with Gasteiger partial charge in [0.1, 0.15) is 30.0 Å². The largest absolute Gasteiger partial charge is 0.331 e. The van der Waals surface area contributed by atoms with E-state index < -0.39 is 22.5 Å². The molecule has 1 saturated carbocycles. The lowest BCUT2D eigenvalue weighted by atomic mass is 10.1. The summed E-state index contributed by atoms with van der Waals surface area (Å²) in [6, 6.07) is 7.17. The van der Waals surface area contributed by atoms with Gasteiger partial charge in [-0.05, 0) is 31.0 Å². The van der Waals surface area contributed by atoms with Crippen LogP contribution in [0.3, 0.4) is 0 Å². The smallest absolute Gasteiger partial charge is 0.295 e. The zero-order chi connectivity index (χ0) is 20.5. The fourth-order valence-corrected chi connectivity index (χ4v) is 3.08. The van der Waals surface area contributed by atoms with E-state index in [-0.39, 0.29) is 35.1 Å². The number of rotatable bonds is 6. The van der Waals surface area contributed by atoms with Crippen LogP contribution in [0.25, 0.3) is 5.69 Å². The summed E-state index contributed by atoms with van der Waals surface area (Å²) in [7, 11) is 0. The molecule has 10 heteroatoms. The number of nitrogens with zero attached hydrogens (tertiary/aromatic N) is 5. The average molecular weight is 399 g/mol. The van der Waals surface area contributed by atoms with Crippen LogP contribution in [-0.4, -0.2) is 36.5 Å². The van der Waals surface area contributed by atoms with Crippen LogP contribution in [0.15, 0.2) is 49.1 Å². The molecule has 148 valence electrons. The van der Waals surface area contributed by atoms with E-state index in [2.05, 4.69) is 10.1 Å². The summed E-state index contributed by atoms with van der Waals surface area (Å²) in [5.74, 6) is -1.89. The lowest BCUT2D eigenvalue weighted by Gasteiger charge is -2.23. The van der Waals surface area contributed by atoms with Crippen molar-refractivity contribution in [3.05, 3.63) is 81.9 Å². The number of hydrogen-bond acceptors (Lipinski definition) is 5. The lowest BCUT2D eigenvalue weighted by Crippen LogP contribution is -2.33. The molecule has 0 unspecified atom stereocenters. The molecule has 8 nitrogen and oxygen atoms in total. The molecule has 0 aliphatic heterocycles. The van der Waals surface area contributed by atoms with Gasteiger partial charge in [-0.25, -0.2) is 18.4 Å². The van der Waals surface area contributed by atoms with Crippen molar-refractivity contribution in [2.45, 2.75) is 25.4 Å². The lowest BCUT2D eigenvalue weighted by molar-refractivity contribution is -0.384. The van der Waals surface area contributed by atoms with Crippen LogP contribution in [0, 0.1) is 21.7 Å². The first kappa shape index (κ1) is 18.7. The minimum atomic E-state index is -0.740. The molecule has 1 aliphatic carbocycles. The van der Waals surface area contributed by atoms with Crippen molar-refractivity contribution in [2.75, 3.05) is 0 Å². The number of nitro groups is 1. The molecule has 1 aliphatic rings. The minimum absolute atomic E-state index is 0.0474. The fourth-order valence-electron chi connectivity index (χ4n) is 3.08. The van der Waals surface area contributed by atoms with Crippen LogP contribution in [0.5, 0.6) is 0 Å². The van der Waals surface area contributed by atoms with Gasteiger partial charge in [-0.1, -0.05) is 6.07 Å². The number of halogens is 2. The van der Waals surface area contributed by atoms with Crippen molar-refractivity contribution in [3.63, 3.8) is 0 Å². The normalized spacial score (nSPS) is 13.3. The maximum atomic E-state index is 14.1. The van der Waals surface area contributed by atoms with E-state index in [1.165, 1.54) is 46.5 Å². The van der Waals surface area contributed by atoms with Gasteiger partial charge < -0.3 is 4.90 Å². The molecular weight excluding hydrogens is 384 g/mol. The Morgan fingerprint density at radius 2 is 2.03 bits per heavy atom. The second-order valence-electron chi connectivity index (χ2n) is 6.70. The molecule has 1 fully saturated rings. The number of benzene rings is 2. The third-order valence-electron chi connectivity index (χ3n) is 4.69. The van der Waals surface area contributed by atoms with Gasteiger partial charge >= 0.3 is 0 Å². The van der Waals surface area contributed by atoms with Gasteiger partial charge in [0.15, 0.2) is 0 Å². The molecule has 2 aromatic carbocycles. The van der Waals surface area contributed by atoms with Gasteiger partial charge in [0, 0.05) is 35.8 Å². The maximum absolute atomic E-state index is 14.1. The van der Waals surface area contributed by atoms with Gasteiger partial charge in [0.25, 0.3) is 11.6 Å². The monoisotopic (exact) mass is 399 g/mol. The summed E-state index contributed by atoms with van der Waals surface area (Å²) in [6.07, 6.45) is 4.08. The fraction of sp³-hybridized carbons (Fsp3) is 0.211. The Morgan fingerprint density at radius 3 is 2.66 bits per heavy atom. The summed E-state index contributed by atoms with van der Waals surface area (Å²) >= 11 is 0. The second-order valence-corrected chi connectivity index (χ2v) is 6.70. The molecular formula is C19H15F2N5O3. The predicted octanol–water partition coefficient (Wildman–Crippen LogP) is 3.26. The molecule has 1 heterocycles. The topological polar surface area (TPSA) is 94.2 Å². The Labute approximate surface area is 163 Å². The zero-order valence-corrected chi connectivity index (χ0v) is 15.0. The maximum Gasteiger partial charge on any atom is 0.295 e. The van der Waals surface area contributed by atoms with Gasteiger partial charge in [-0.3, -0.25) is 14.9 Å². The van der Waals surface area contributed by atoms with Crippen LogP contribution >= 0.6 is 0 Å². The molecule has 4 rings (SSSR count). The first-order valence-electron chi connectivity index (χ1n) is 8.82. The van der Waals surface area contributed by atoms with E-state index >= 15 is 0 Å². The third kappa shape index (κ3) is 3.82. The Kier molecular flexibility index (Phi) is 4.75. The summed E-state index contributed by atoms with van der Waals surface area (Å²) in [5, 5.41) is 15.4. The summed E-state index contributed by atoms with van der Waals surface area (Å²) < 4.78 is 28.5. The summed E-state index contributed by atoms with van der Waals surface area (Å²) in [5.41, 5.74) is 0.159. The van der Waals surface area contributed by atoms with Gasteiger partial charge in [0.05, 0.1) is 4.92 Å². The molecule has 0 spiro atoms. The Hall–Kier alpha value is -3.69. The highest BCUT2D eigenvalue weighted by molar-refractivity contribution is 5.95. The Balaban J connectivity index is 1.66. The van der Waals surface area contributed by atoms with E-state index in [1.54, 1.807) is 0 Å². The number of carbonyl (C=O) groups excluding carboxylic acids is 1. The van der Waals surface area contributed by atoms with Gasteiger partial charge in [-0.2, -0.15) is 5.10 Å². The molecule has 0 radical (unpaired) electrons. The van der Waals surface area contributed by atoms with Crippen molar-refractivity contribution in [1.82, 2.24) is 19.7 Å². The van der Waals surface area contributed by atoms with E-state index in [0.717, 1.165) is 25.0 Å². The first-order valence-corrected chi connectivity index (χ1v) is 8.82. The van der Waals surface area contributed by atoms with Crippen LogP contribution in [0.4, 0.5) is 14.5 Å². The highest BCUT2D eigenvalue weighted by Gasteiger charge is 2.34. The molecule has 0 N–H and O–H groups in total. The Bertz CT molecular complexity index is 1080. The predicted molar refractivity (Wildman–Crippen MR) is 97.3 cm³/mol. The van der Waals surface area contributed by atoms with Crippen LogP contribution in [0.1, 0.15) is 28.8 Å². The standard InChI is InChI=1S/C19H15F2N5O3/c20-14-3-1-13(16(21)8-14)9-24(15-4-5-15)19(27)12-2-6-17(18(7-12)26(28)29)25-11-22-10-23-25/h1-3,6-8,10-11,15H,4-5,9H2. The summed E-state index contributed by atoms with van der Waals surface area (Å²) in [6.45, 7) is -0.0474. The first-order chi connectivity index (χ1) is 13.9. The Morgan fingerprint density at radius 1 is 1.24 bits per heavy atom. The van der Waals surface area contributed by atoms with Crippen molar-refractivity contribution >= 4 is 11.6 Å². The van der Waals surface area contributed by atoms with Crippen molar-refractivity contribution in [3.8, 4) is 5.69 Å². The average Bonchev–Trinajstić information content (AvgIpc) is 3.39. The highest BCUT2D eigenvalue weighted by Crippen LogP contribution is 2.32. The number of aromatic nitrogens is 3. The quantitative estimate of drug-likeness (QED) is 0.468. The minimum Gasteiger partial charge on any atom is -0.331 e. The molecule has 0 bridgehead atoms. The molecule has 29 heavy (non-hydrogen) atoms. The number of carbonyl (C=O) groups is 1. The van der Waals surface area contributed by atoms with Crippen LogP contribution in [-0.2, 0) is 6.54 Å². The molecule has 1 amide bonds. The van der Waals surface area contributed by atoms with Crippen LogP contribution < -0.4 is 0 Å². The number of amides is 1.